The Morgan fingerprint density at radius 2 is 1.87 bits per heavy atom. The van der Waals surface area contributed by atoms with Gasteiger partial charge in [0.05, 0.1) is 17.7 Å². The van der Waals surface area contributed by atoms with Gasteiger partial charge in [-0.15, -0.1) is 11.3 Å². The molecule has 2 N–H and O–H groups in total. The van der Waals surface area contributed by atoms with Gasteiger partial charge in [-0.05, 0) is 56.2 Å². The van der Waals surface area contributed by atoms with Crippen molar-refractivity contribution in [1.29, 1.82) is 0 Å². The number of ether oxygens (including phenoxy) is 1. The van der Waals surface area contributed by atoms with Gasteiger partial charge in [-0.1, -0.05) is 17.7 Å². The van der Waals surface area contributed by atoms with E-state index in [1.165, 1.54) is 30.6 Å². The molecule has 0 atom stereocenters. The van der Waals surface area contributed by atoms with Gasteiger partial charge in [0.1, 0.15) is 5.75 Å². The summed E-state index contributed by atoms with van der Waals surface area (Å²) in [6, 6.07) is 11.9. The quantitative estimate of drug-likeness (QED) is 0.543. The fourth-order valence-corrected chi connectivity index (χ4v) is 4.80. The van der Waals surface area contributed by atoms with Gasteiger partial charge in [0, 0.05) is 17.5 Å². The van der Waals surface area contributed by atoms with Crippen LogP contribution in [-0.4, -0.2) is 26.4 Å². The lowest BCUT2D eigenvalue weighted by Crippen LogP contribution is -2.14. The number of carbonyl (C=O) groups is 1. The van der Waals surface area contributed by atoms with Crippen molar-refractivity contribution >= 4 is 38.1 Å². The Kier molecular flexibility index (Phi) is 6.73. The molecule has 0 spiro atoms. The number of hydrogen-bond acceptors (Lipinski definition) is 6. The molecule has 0 unspecified atom stereocenters. The molecule has 1 heterocycles. The number of benzene rings is 2. The van der Waals surface area contributed by atoms with Crippen molar-refractivity contribution in [2.75, 3.05) is 17.1 Å². The van der Waals surface area contributed by atoms with Crippen molar-refractivity contribution < 1.29 is 17.9 Å². The minimum absolute atomic E-state index is 0.115. The minimum atomic E-state index is -3.74. The van der Waals surface area contributed by atoms with Gasteiger partial charge < -0.3 is 10.1 Å². The van der Waals surface area contributed by atoms with E-state index in [9.17, 15) is 13.2 Å². The molecule has 0 saturated carbocycles. The van der Waals surface area contributed by atoms with Crippen molar-refractivity contribution in [2.45, 2.75) is 31.6 Å². The maximum atomic E-state index is 12.5. The third-order valence-corrected chi connectivity index (χ3v) is 6.70. The number of aromatic nitrogens is 1. The first-order valence-corrected chi connectivity index (χ1v) is 11.6. The number of sulfonamides is 1. The molecule has 0 bridgehead atoms. The van der Waals surface area contributed by atoms with E-state index in [-0.39, 0.29) is 22.4 Å². The molecule has 0 aliphatic carbocycles. The molecule has 3 aromatic rings. The number of nitrogens with one attached hydrogen (secondary N) is 2. The van der Waals surface area contributed by atoms with E-state index in [1.807, 2.05) is 32.0 Å². The Labute approximate surface area is 180 Å². The molecule has 9 heteroatoms. The van der Waals surface area contributed by atoms with Crippen molar-refractivity contribution in [2.24, 2.45) is 0 Å². The van der Waals surface area contributed by atoms with Crippen LogP contribution >= 0.6 is 11.3 Å². The van der Waals surface area contributed by atoms with Crippen LogP contribution in [0.25, 0.3) is 0 Å². The predicted molar refractivity (Wildman–Crippen MR) is 119 cm³/mol. The summed E-state index contributed by atoms with van der Waals surface area (Å²) in [5, 5.41) is 4.90. The van der Waals surface area contributed by atoms with Crippen molar-refractivity contribution in [1.82, 2.24) is 4.98 Å². The molecule has 0 aliphatic heterocycles. The summed E-state index contributed by atoms with van der Waals surface area (Å²) < 4.78 is 32.5. The number of amides is 1. The SMILES string of the molecule is COc1ccc(S(=O)(=O)Nc2nc(CCC(=O)Nc3ccc(C)cc3C)cs2)cc1. The van der Waals surface area contributed by atoms with Crippen LogP contribution in [0, 0.1) is 13.8 Å². The van der Waals surface area contributed by atoms with Crippen molar-refractivity contribution in [3.63, 3.8) is 0 Å². The predicted octanol–water partition coefficient (Wildman–Crippen LogP) is 4.14. The third kappa shape index (κ3) is 5.58. The molecule has 1 aromatic heterocycles. The largest absolute Gasteiger partial charge is 0.497 e. The van der Waals surface area contributed by atoms with Gasteiger partial charge in [0.25, 0.3) is 10.0 Å². The highest BCUT2D eigenvalue weighted by atomic mass is 32.2. The van der Waals surface area contributed by atoms with E-state index >= 15 is 0 Å². The molecule has 2 aromatic carbocycles. The van der Waals surface area contributed by atoms with Crippen LogP contribution in [0.3, 0.4) is 0 Å². The molecule has 7 nitrogen and oxygen atoms in total. The second-order valence-electron chi connectivity index (χ2n) is 6.79. The van der Waals surface area contributed by atoms with E-state index < -0.39 is 10.0 Å². The van der Waals surface area contributed by atoms with E-state index in [0.29, 0.717) is 17.9 Å². The smallest absolute Gasteiger partial charge is 0.263 e. The van der Waals surface area contributed by atoms with E-state index in [4.69, 9.17) is 4.74 Å². The summed E-state index contributed by atoms with van der Waals surface area (Å²) in [7, 11) is -2.23. The summed E-state index contributed by atoms with van der Waals surface area (Å²) in [5.41, 5.74) is 3.59. The van der Waals surface area contributed by atoms with Gasteiger partial charge in [-0.25, -0.2) is 13.4 Å². The molecule has 0 fully saturated rings. The number of thiazole rings is 1. The Morgan fingerprint density at radius 1 is 1.13 bits per heavy atom. The number of nitrogens with zero attached hydrogens (tertiary/aromatic N) is 1. The maximum Gasteiger partial charge on any atom is 0.263 e. The Bertz CT molecular complexity index is 1140. The number of rotatable bonds is 8. The van der Waals surface area contributed by atoms with E-state index in [0.717, 1.165) is 16.8 Å². The summed E-state index contributed by atoms with van der Waals surface area (Å²) in [5.74, 6) is 0.458. The normalized spacial score (nSPS) is 11.2. The first kappa shape index (κ1) is 21.8. The lowest BCUT2D eigenvalue weighted by molar-refractivity contribution is -0.116. The van der Waals surface area contributed by atoms with Crippen LogP contribution in [0.2, 0.25) is 0 Å². The van der Waals surface area contributed by atoms with Crippen molar-refractivity contribution in [3.05, 3.63) is 64.7 Å². The Morgan fingerprint density at radius 3 is 2.53 bits per heavy atom. The Hall–Kier alpha value is -2.91. The first-order valence-electron chi connectivity index (χ1n) is 9.25. The van der Waals surface area contributed by atoms with Crippen LogP contribution in [0.5, 0.6) is 5.75 Å². The molecule has 0 radical (unpaired) electrons. The van der Waals surface area contributed by atoms with E-state index in [1.54, 1.807) is 17.5 Å². The fourth-order valence-electron chi connectivity index (χ4n) is 2.81. The average molecular weight is 446 g/mol. The molecule has 30 heavy (non-hydrogen) atoms. The van der Waals surface area contributed by atoms with Crippen LogP contribution in [-0.2, 0) is 21.2 Å². The lowest BCUT2D eigenvalue weighted by atomic mass is 10.1. The molecular formula is C21H23N3O4S2. The second-order valence-corrected chi connectivity index (χ2v) is 9.33. The molecular weight excluding hydrogens is 422 g/mol. The third-order valence-electron chi connectivity index (χ3n) is 4.41. The van der Waals surface area contributed by atoms with Gasteiger partial charge in [-0.3, -0.25) is 9.52 Å². The maximum absolute atomic E-state index is 12.5. The lowest BCUT2D eigenvalue weighted by Gasteiger charge is -2.08. The first-order chi connectivity index (χ1) is 14.3. The van der Waals surface area contributed by atoms with Crippen LogP contribution in [0.4, 0.5) is 10.8 Å². The topological polar surface area (TPSA) is 97.4 Å². The van der Waals surface area contributed by atoms with E-state index in [2.05, 4.69) is 15.0 Å². The van der Waals surface area contributed by atoms with Gasteiger partial charge in [0.2, 0.25) is 5.91 Å². The minimum Gasteiger partial charge on any atom is -0.497 e. The zero-order valence-corrected chi connectivity index (χ0v) is 18.6. The standard InChI is InChI=1S/C21H23N3O4S2/c1-14-4-10-19(15(2)12-14)23-20(25)11-5-16-13-29-21(22-16)24-30(26,27)18-8-6-17(28-3)7-9-18/h4,6-10,12-13H,5,11H2,1-3H3,(H,22,24)(H,23,25). The number of hydrogen-bond donors (Lipinski definition) is 2. The number of carbonyl (C=O) groups excluding carboxylic acids is 1. The molecule has 0 aliphatic rings. The molecule has 1 amide bonds. The second kappa shape index (κ2) is 9.27. The number of methoxy groups -OCH3 is 1. The van der Waals surface area contributed by atoms with Gasteiger partial charge in [0.15, 0.2) is 5.13 Å². The molecule has 3 rings (SSSR count). The molecule has 0 saturated heterocycles. The van der Waals surface area contributed by atoms with Crippen LogP contribution in [0.1, 0.15) is 23.2 Å². The van der Waals surface area contributed by atoms with Crippen LogP contribution < -0.4 is 14.8 Å². The van der Waals surface area contributed by atoms with Gasteiger partial charge in [-0.2, -0.15) is 0 Å². The van der Waals surface area contributed by atoms with Crippen LogP contribution in [0.15, 0.2) is 52.7 Å². The summed E-state index contributed by atoms with van der Waals surface area (Å²) in [6.07, 6.45) is 0.666. The summed E-state index contributed by atoms with van der Waals surface area (Å²) in [6.45, 7) is 3.95. The highest BCUT2D eigenvalue weighted by molar-refractivity contribution is 7.93. The zero-order valence-electron chi connectivity index (χ0n) is 16.9. The average Bonchev–Trinajstić information content (AvgIpc) is 3.15. The number of aryl methyl sites for hydroxylation is 3. The zero-order chi connectivity index (χ0) is 21.7. The Balaban J connectivity index is 1.57. The summed E-state index contributed by atoms with van der Waals surface area (Å²) >= 11 is 1.18. The highest BCUT2D eigenvalue weighted by Gasteiger charge is 2.16. The highest BCUT2D eigenvalue weighted by Crippen LogP contribution is 2.23. The molecule has 158 valence electrons. The fraction of sp³-hybridized carbons (Fsp3) is 0.238. The number of anilines is 2. The monoisotopic (exact) mass is 445 g/mol. The van der Waals surface area contributed by atoms with Crippen molar-refractivity contribution in [3.8, 4) is 5.75 Å². The summed E-state index contributed by atoms with van der Waals surface area (Å²) in [4.78, 5) is 16.6. The van der Waals surface area contributed by atoms with Gasteiger partial charge >= 0.3 is 0 Å².